The van der Waals surface area contributed by atoms with Gasteiger partial charge in [0.05, 0.1) is 6.04 Å². The van der Waals surface area contributed by atoms with Gasteiger partial charge in [-0.15, -0.1) is 0 Å². The van der Waals surface area contributed by atoms with Crippen LogP contribution in [0.3, 0.4) is 0 Å². The summed E-state index contributed by atoms with van der Waals surface area (Å²) in [4.78, 5) is 15.9. The van der Waals surface area contributed by atoms with Gasteiger partial charge in [-0.3, -0.25) is 10.2 Å². The van der Waals surface area contributed by atoms with Crippen LogP contribution in [0.15, 0.2) is 60.7 Å². The molecule has 186 valence electrons. The molecule has 1 amide bonds. The zero-order valence-corrected chi connectivity index (χ0v) is 20.8. The predicted molar refractivity (Wildman–Crippen MR) is 140 cm³/mol. The lowest BCUT2D eigenvalue weighted by Gasteiger charge is -2.35. The van der Waals surface area contributed by atoms with Crippen LogP contribution in [0.4, 0.5) is 0 Å². The van der Waals surface area contributed by atoms with E-state index in [1.165, 1.54) is 49.7 Å². The molecule has 2 saturated carbocycles. The highest BCUT2D eigenvalue weighted by Gasteiger charge is 2.58. The first-order chi connectivity index (χ1) is 17.2. The third-order valence-corrected chi connectivity index (χ3v) is 9.65. The first kappa shape index (κ1) is 23.2. The maximum atomic E-state index is 13.2. The molecule has 4 fully saturated rings. The summed E-state index contributed by atoms with van der Waals surface area (Å²) < 4.78 is 0. The number of hydrogen-bond donors (Lipinski definition) is 3. The Morgan fingerprint density at radius 2 is 1.63 bits per heavy atom. The number of piperidine rings is 1. The van der Waals surface area contributed by atoms with E-state index in [1.807, 2.05) is 0 Å². The second kappa shape index (κ2) is 9.68. The summed E-state index contributed by atoms with van der Waals surface area (Å²) in [5.41, 5.74) is 10.0. The molecule has 2 aromatic rings. The molecule has 2 aromatic carbocycles. The van der Waals surface area contributed by atoms with Gasteiger partial charge < -0.3 is 10.2 Å². The van der Waals surface area contributed by atoms with Crippen LogP contribution in [0, 0.1) is 17.3 Å². The van der Waals surface area contributed by atoms with Crippen LogP contribution in [-0.4, -0.2) is 43.5 Å². The maximum Gasteiger partial charge on any atom is 0.223 e. The molecule has 4 aliphatic rings. The van der Waals surface area contributed by atoms with Gasteiger partial charge >= 0.3 is 0 Å². The lowest BCUT2D eigenvalue weighted by Crippen LogP contribution is -2.42. The number of likely N-dealkylation sites (tertiary alicyclic amines) is 1. The van der Waals surface area contributed by atoms with Crippen LogP contribution in [0.5, 0.6) is 0 Å². The van der Waals surface area contributed by atoms with Crippen LogP contribution in [0.1, 0.15) is 62.1 Å². The van der Waals surface area contributed by atoms with Gasteiger partial charge in [0, 0.05) is 36.9 Å². The molecule has 0 bridgehead atoms. The molecule has 3 atom stereocenters. The summed E-state index contributed by atoms with van der Waals surface area (Å²) >= 11 is 0. The van der Waals surface area contributed by atoms with E-state index in [0.29, 0.717) is 17.9 Å². The Hall–Kier alpha value is -2.21. The summed E-state index contributed by atoms with van der Waals surface area (Å²) in [6.45, 7) is 5.17. The van der Waals surface area contributed by atoms with Crippen molar-refractivity contribution in [2.75, 3.05) is 32.7 Å². The van der Waals surface area contributed by atoms with Crippen LogP contribution < -0.4 is 16.2 Å². The highest BCUT2D eigenvalue weighted by molar-refractivity contribution is 5.82. The number of rotatable bonds is 7. The number of nitrogens with one attached hydrogen (secondary N) is 3. The summed E-state index contributed by atoms with van der Waals surface area (Å²) in [5, 5.41) is 3.42. The lowest BCUT2D eigenvalue weighted by atomic mass is 9.78. The van der Waals surface area contributed by atoms with E-state index in [2.05, 4.69) is 81.7 Å². The van der Waals surface area contributed by atoms with Crippen LogP contribution >= 0.6 is 0 Å². The Balaban J connectivity index is 1.00. The van der Waals surface area contributed by atoms with E-state index in [9.17, 15) is 4.79 Å². The average molecular weight is 473 g/mol. The number of carbonyl (C=O) groups is 1. The summed E-state index contributed by atoms with van der Waals surface area (Å²) in [6, 6.07) is 22.0. The zero-order valence-electron chi connectivity index (χ0n) is 20.8. The van der Waals surface area contributed by atoms with Crippen LogP contribution in [0.25, 0.3) is 0 Å². The minimum atomic E-state index is 0.140. The molecule has 5 nitrogen and oxygen atoms in total. The van der Waals surface area contributed by atoms with Gasteiger partial charge in [-0.1, -0.05) is 73.5 Å². The molecule has 2 aliphatic heterocycles. The van der Waals surface area contributed by atoms with Crippen molar-refractivity contribution >= 4 is 5.91 Å². The smallest absolute Gasteiger partial charge is 0.223 e. The Kier molecular flexibility index (Phi) is 6.42. The zero-order chi connectivity index (χ0) is 23.7. The second-order valence-electron chi connectivity index (χ2n) is 11.7. The molecule has 5 heteroatoms. The summed E-state index contributed by atoms with van der Waals surface area (Å²) in [7, 11) is 0. The van der Waals surface area contributed by atoms with Gasteiger partial charge in [0.1, 0.15) is 0 Å². The quantitative estimate of drug-likeness (QED) is 0.566. The molecular weight excluding hydrogens is 432 g/mol. The SMILES string of the molecule is O=C(NCC1(c2ccccc2)CCCC1)C1CC12CCN(CC1CNNC1c1ccccc1)CC2. The highest BCUT2D eigenvalue weighted by atomic mass is 16.2. The lowest BCUT2D eigenvalue weighted by molar-refractivity contribution is -0.123. The monoisotopic (exact) mass is 472 g/mol. The number of hydrazine groups is 1. The van der Waals surface area contributed by atoms with Crippen molar-refractivity contribution in [3.63, 3.8) is 0 Å². The van der Waals surface area contributed by atoms with Gasteiger partial charge in [0.2, 0.25) is 5.91 Å². The molecule has 0 radical (unpaired) electrons. The van der Waals surface area contributed by atoms with Crippen molar-refractivity contribution < 1.29 is 4.79 Å². The Morgan fingerprint density at radius 3 is 2.34 bits per heavy atom. The fourth-order valence-corrected chi connectivity index (χ4v) is 7.30. The minimum Gasteiger partial charge on any atom is -0.355 e. The van der Waals surface area contributed by atoms with Crippen molar-refractivity contribution in [2.45, 2.75) is 56.4 Å². The molecular formula is C30H40N4O. The fraction of sp³-hybridized carbons (Fsp3) is 0.567. The topological polar surface area (TPSA) is 56.4 Å². The van der Waals surface area contributed by atoms with E-state index in [4.69, 9.17) is 0 Å². The predicted octanol–water partition coefficient (Wildman–Crippen LogP) is 4.18. The molecule has 6 rings (SSSR count). The molecule has 2 aliphatic carbocycles. The molecule has 3 unspecified atom stereocenters. The van der Waals surface area contributed by atoms with E-state index in [0.717, 1.165) is 39.1 Å². The molecule has 1 spiro atoms. The van der Waals surface area contributed by atoms with Crippen molar-refractivity contribution in [1.82, 2.24) is 21.1 Å². The van der Waals surface area contributed by atoms with Gasteiger partial charge in [-0.05, 0) is 61.7 Å². The number of benzene rings is 2. The van der Waals surface area contributed by atoms with Crippen molar-refractivity contribution in [2.24, 2.45) is 17.3 Å². The highest BCUT2D eigenvalue weighted by Crippen LogP contribution is 2.59. The van der Waals surface area contributed by atoms with E-state index >= 15 is 0 Å². The van der Waals surface area contributed by atoms with E-state index in [1.54, 1.807) is 0 Å². The summed E-state index contributed by atoms with van der Waals surface area (Å²) in [6.07, 6.45) is 8.34. The van der Waals surface area contributed by atoms with Gasteiger partial charge in [-0.2, -0.15) is 0 Å². The average Bonchev–Trinajstić information content (AvgIpc) is 3.23. The second-order valence-corrected chi connectivity index (χ2v) is 11.7. The van der Waals surface area contributed by atoms with Crippen LogP contribution in [-0.2, 0) is 10.2 Å². The largest absolute Gasteiger partial charge is 0.355 e. The third-order valence-electron chi connectivity index (χ3n) is 9.65. The van der Waals surface area contributed by atoms with Crippen molar-refractivity contribution in [1.29, 1.82) is 0 Å². The maximum absolute atomic E-state index is 13.2. The first-order valence-corrected chi connectivity index (χ1v) is 13.8. The Bertz CT molecular complexity index is 996. The Labute approximate surface area is 210 Å². The van der Waals surface area contributed by atoms with Gasteiger partial charge in [0.25, 0.3) is 0 Å². The third kappa shape index (κ3) is 4.66. The normalized spacial score (nSPS) is 29.3. The molecule has 3 N–H and O–H groups in total. The molecule has 0 aromatic heterocycles. The van der Waals surface area contributed by atoms with Gasteiger partial charge in [0.15, 0.2) is 0 Å². The van der Waals surface area contributed by atoms with Crippen LogP contribution in [0.2, 0.25) is 0 Å². The minimum absolute atomic E-state index is 0.140. The Morgan fingerprint density at radius 1 is 0.943 bits per heavy atom. The van der Waals surface area contributed by atoms with E-state index < -0.39 is 0 Å². The van der Waals surface area contributed by atoms with E-state index in [-0.39, 0.29) is 16.7 Å². The van der Waals surface area contributed by atoms with Crippen molar-refractivity contribution in [3.8, 4) is 0 Å². The van der Waals surface area contributed by atoms with Gasteiger partial charge in [-0.25, -0.2) is 5.43 Å². The summed E-state index contributed by atoms with van der Waals surface area (Å²) in [5.74, 6) is 1.12. The molecule has 2 saturated heterocycles. The first-order valence-electron chi connectivity index (χ1n) is 13.8. The molecule has 35 heavy (non-hydrogen) atoms. The number of hydrogen-bond acceptors (Lipinski definition) is 4. The standard InChI is InChI=1S/C30H40N4O/c35-28(31-22-30(13-7-8-14-30)25-11-5-2-6-12-25)26-19-29(26)15-17-34(18-16-29)21-24-20-32-33-27(24)23-9-3-1-4-10-23/h1-6,9-12,24,26-27,32-33H,7-8,13-22H2,(H,31,35). The van der Waals surface area contributed by atoms with Crippen molar-refractivity contribution in [3.05, 3.63) is 71.8 Å². The fourth-order valence-electron chi connectivity index (χ4n) is 7.30. The number of carbonyl (C=O) groups excluding carboxylic acids is 1. The number of amides is 1. The number of nitrogens with zero attached hydrogens (tertiary/aromatic N) is 1. The molecule has 2 heterocycles.